The average molecular weight is 327 g/mol. The first-order valence-corrected chi connectivity index (χ1v) is 7.49. The van der Waals surface area contributed by atoms with Crippen molar-refractivity contribution in [3.8, 4) is 0 Å². The summed E-state index contributed by atoms with van der Waals surface area (Å²) in [6.45, 7) is 5.76. The highest BCUT2D eigenvalue weighted by Gasteiger charge is 2.19. The summed E-state index contributed by atoms with van der Waals surface area (Å²) in [5.74, 6) is -0.698. The van der Waals surface area contributed by atoms with Gasteiger partial charge in [-0.3, -0.25) is 9.59 Å². The van der Waals surface area contributed by atoms with Gasteiger partial charge in [-0.15, -0.1) is 0 Å². The van der Waals surface area contributed by atoms with Gasteiger partial charge in [-0.1, -0.05) is 17.7 Å². The maximum absolute atomic E-state index is 12.3. The topological polar surface area (TPSA) is 101 Å². The number of amides is 2. The number of benzene rings is 1. The van der Waals surface area contributed by atoms with Crippen molar-refractivity contribution < 1.29 is 9.59 Å². The number of aryl methyl sites for hydroxylation is 3. The standard InChI is InChI=1S/C17H21N5O2/c1-10-7-11(2)14(12(3)8-10)21-13(23)9-22(4)17(24)15-16(18)20-6-5-19-15/h5-8H,9H2,1-4H3,(H2,18,20)(H,21,23). The van der Waals surface area contributed by atoms with Crippen molar-refractivity contribution >= 4 is 23.3 Å². The molecule has 2 amide bonds. The van der Waals surface area contributed by atoms with Gasteiger partial charge in [0.15, 0.2) is 11.5 Å². The number of carbonyl (C=O) groups is 2. The largest absolute Gasteiger partial charge is 0.382 e. The van der Waals surface area contributed by atoms with Crippen molar-refractivity contribution in [3.63, 3.8) is 0 Å². The fraction of sp³-hybridized carbons (Fsp3) is 0.294. The molecule has 0 bridgehead atoms. The van der Waals surface area contributed by atoms with Gasteiger partial charge < -0.3 is 16.0 Å². The zero-order chi connectivity index (χ0) is 17.9. The van der Waals surface area contributed by atoms with Gasteiger partial charge in [0.05, 0.1) is 6.54 Å². The molecule has 0 saturated heterocycles. The fourth-order valence-corrected chi connectivity index (χ4v) is 2.54. The highest BCUT2D eigenvalue weighted by molar-refractivity contribution is 6.00. The first-order chi connectivity index (χ1) is 11.3. The fourth-order valence-electron chi connectivity index (χ4n) is 2.54. The summed E-state index contributed by atoms with van der Waals surface area (Å²) < 4.78 is 0. The maximum atomic E-state index is 12.3. The number of nitrogens with one attached hydrogen (secondary N) is 1. The number of rotatable bonds is 4. The van der Waals surface area contributed by atoms with Crippen LogP contribution in [-0.2, 0) is 4.79 Å². The van der Waals surface area contributed by atoms with Crippen molar-refractivity contribution in [1.29, 1.82) is 0 Å². The van der Waals surface area contributed by atoms with Gasteiger partial charge in [-0.05, 0) is 31.9 Å². The van der Waals surface area contributed by atoms with Crippen LogP contribution >= 0.6 is 0 Å². The predicted molar refractivity (Wildman–Crippen MR) is 92.7 cm³/mol. The summed E-state index contributed by atoms with van der Waals surface area (Å²) >= 11 is 0. The van der Waals surface area contributed by atoms with E-state index in [1.54, 1.807) is 0 Å². The molecule has 0 aliphatic heterocycles. The van der Waals surface area contributed by atoms with Crippen molar-refractivity contribution in [2.75, 3.05) is 24.6 Å². The molecule has 0 unspecified atom stereocenters. The number of anilines is 2. The highest BCUT2D eigenvalue weighted by atomic mass is 16.2. The second-order valence-electron chi connectivity index (χ2n) is 5.77. The van der Waals surface area contributed by atoms with Crippen LogP contribution in [0.4, 0.5) is 11.5 Å². The summed E-state index contributed by atoms with van der Waals surface area (Å²) in [7, 11) is 1.52. The van der Waals surface area contributed by atoms with Crippen LogP contribution in [0.3, 0.4) is 0 Å². The number of carbonyl (C=O) groups excluding carboxylic acids is 2. The minimum absolute atomic E-state index is 0.0375. The Labute approximate surface area is 140 Å². The number of nitrogens with zero attached hydrogens (tertiary/aromatic N) is 3. The van der Waals surface area contributed by atoms with Crippen molar-refractivity contribution in [2.45, 2.75) is 20.8 Å². The molecule has 1 aromatic carbocycles. The van der Waals surface area contributed by atoms with E-state index >= 15 is 0 Å². The average Bonchev–Trinajstić information content (AvgIpc) is 2.50. The molecule has 2 aromatic rings. The number of aromatic nitrogens is 2. The third-order valence-corrected chi connectivity index (χ3v) is 3.60. The molecule has 24 heavy (non-hydrogen) atoms. The van der Waals surface area contributed by atoms with E-state index in [0.29, 0.717) is 0 Å². The van der Waals surface area contributed by atoms with Crippen LogP contribution in [0.2, 0.25) is 0 Å². The predicted octanol–water partition coefficient (Wildman–Crippen LogP) is 1.69. The molecule has 2 rings (SSSR count). The molecule has 0 aliphatic rings. The lowest BCUT2D eigenvalue weighted by Gasteiger charge is -2.18. The first-order valence-electron chi connectivity index (χ1n) is 7.49. The summed E-state index contributed by atoms with van der Waals surface area (Å²) in [4.78, 5) is 33.6. The monoisotopic (exact) mass is 327 g/mol. The quantitative estimate of drug-likeness (QED) is 0.890. The van der Waals surface area contributed by atoms with Gasteiger partial charge in [0.1, 0.15) is 0 Å². The summed E-state index contributed by atoms with van der Waals surface area (Å²) in [5.41, 5.74) is 9.54. The van der Waals surface area contributed by atoms with Gasteiger partial charge in [-0.25, -0.2) is 9.97 Å². The van der Waals surface area contributed by atoms with Crippen LogP contribution in [0.1, 0.15) is 27.2 Å². The SMILES string of the molecule is Cc1cc(C)c(NC(=O)CN(C)C(=O)c2nccnc2N)c(C)c1. The molecule has 7 nitrogen and oxygen atoms in total. The van der Waals surface area contributed by atoms with Crippen LogP contribution in [0.5, 0.6) is 0 Å². The van der Waals surface area contributed by atoms with Gasteiger partial charge >= 0.3 is 0 Å². The molecule has 0 fully saturated rings. The maximum Gasteiger partial charge on any atom is 0.276 e. The molecular weight excluding hydrogens is 306 g/mol. The Morgan fingerprint density at radius 3 is 2.29 bits per heavy atom. The molecule has 0 spiro atoms. The van der Waals surface area contributed by atoms with Gasteiger partial charge in [0, 0.05) is 25.1 Å². The first kappa shape index (κ1) is 17.4. The minimum atomic E-state index is -0.451. The lowest BCUT2D eigenvalue weighted by atomic mass is 10.1. The normalized spacial score (nSPS) is 10.3. The van der Waals surface area contributed by atoms with Crippen molar-refractivity contribution in [1.82, 2.24) is 14.9 Å². The van der Waals surface area contributed by atoms with Crippen LogP contribution in [0, 0.1) is 20.8 Å². The Morgan fingerprint density at radius 2 is 1.71 bits per heavy atom. The van der Waals surface area contributed by atoms with E-state index in [0.717, 1.165) is 22.4 Å². The number of hydrogen-bond acceptors (Lipinski definition) is 5. The molecule has 1 aromatic heterocycles. The minimum Gasteiger partial charge on any atom is -0.382 e. The van der Waals surface area contributed by atoms with E-state index in [1.807, 2.05) is 32.9 Å². The summed E-state index contributed by atoms with van der Waals surface area (Å²) in [6, 6.07) is 4.00. The number of hydrogen-bond donors (Lipinski definition) is 2. The third-order valence-electron chi connectivity index (χ3n) is 3.60. The van der Waals surface area contributed by atoms with Gasteiger partial charge in [0.25, 0.3) is 5.91 Å². The Hall–Kier alpha value is -2.96. The molecular formula is C17H21N5O2. The molecule has 1 heterocycles. The molecule has 0 aliphatic carbocycles. The summed E-state index contributed by atoms with van der Waals surface area (Å²) in [5, 5.41) is 2.86. The van der Waals surface area contributed by atoms with Crippen LogP contribution in [0.15, 0.2) is 24.5 Å². The van der Waals surface area contributed by atoms with Crippen LogP contribution < -0.4 is 11.1 Å². The molecule has 0 atom stereocenters. The van der Waals surface area contributed by atoms with Crippen LogP contribution in [-0.4, -0.2) is 40.3 Å². The van der Waals surface area contributed by atoms with E-state index in [4.69, 9.17) is 5.73 Å². The third kappa shape index (κ3) is 3.87. The highest BCUT2D eigenvalue weighted by Crippen LogP contribution is 2.21. The Kier molecular flexibility index (Phi) is 5.13. The lowest BCUT2D eigenvalue weighted by Crippen LogP contribution is -2.36. The molecule has 0 saturated carbocycles. The van der Waals surface area contributed by atoms with E-state index < -0.39 is 5.91 Å². The zero-order valence-electron chi connectivity index (χ0n) is 14.3. The molecule has 126 valence electrons. The Morgan fingerprint density at radius 1 is 1.12 bits per heavy atom. The molecule has 0 radical (unpaired) electrons. The van der Waals surface area contributed by atoms with E-state index in [1.165, 1.54) is 24.3 Å². The summed E-state index contributed by atoms with van der Waals surface area (Å²) in [6.07, 6.45) is 2.79. The van der Waals surface area contributed by atoms with E-state index in [2.05, 4.69) is 15.3 Å². The molecule has 3 N–H and O–H groups in total. The number of nitrogens with two attached hydrogens (primary N) is 1. The van der Waals surface area contributed by atoms with E-state index in [9.17, 15) is 9.59 Å². The lowest BCUT2D eigenvalue weighted by molar-refractivity contribution is -0.116. The Balaban J connectivity index is 2.07. The second-order valence-corrected chi connectivity index (χ2v) is 5.77. The number of likely N-dealkylation sites (N-methyl/N-ethyl adjacent to an activating group) is 1. The second kappa shape index (κ2) is 7.08. The van der Waals surface area contributed by atoms with E-state index in [-0.39, 0.29) is 24.0 Å². The Bertz CT molecular complexity index is 765. The van der Waals surface area contributed by atoms with Crippen molar-refractivity contribution in [2.24, 2.45) is 0 Å². The smallest absolute Gasteiger partial charge is 0.276 e. The van der Waals surface area contributed by atoms with Gasteiger partial charge in [0.2, 0.25) is 5.91 Å². The van der Waals surface area contributed by atoms with Crippen molar-refractivity contribution in [3.05, 3.63) is 46.9 Å². The van der Waals surface area contributed by atoms with Crippen LogP contribution in [0.25, 0.3) is 0 Å². The number of nitrogen functional groups attached to an aromatic ring is 1. The van der Waals surface area contributed by atoms with Gasteiger partial charge in [-0.2, -0.15) is 0 Å². The zero-order valence-corrected chi connectivity index (χ0v) is 14.3. The molecule has 7 heteroatoms.